The Bertz CT molecular complexity index is 283. The maximum absolute atomic E-state index is 5.64. The summed E-state index contributed by atoms with van der Waals surface area (Å²) in [5.41, 5.74) is 0. The molecule has 0 atom stereocenters. The van der Waals surface area contributed by atoms with Crippen molar-refractivity contribution in [1.82, 2.24) is 15.5 Å². The van der Waals surface area contributed by atoms with Crippen LogP contribution in [0.15, 0.2) is 12.1 Å². The summed E-state index contributed by atoms with van der Waals surface area (Å²) in [7, 11) is 2.02. The second-order valence-corrected chi connectivity index (χ2v) is 3.52. The van der Waals surface area contributed by atoms with Crippen molar-refractivity contribution in [1.29, 1.82) is 0 Å². The van der Waals surface area contributed by atoms with Gasteiger partial charge >= 0.3 is 0 Å². The highest BCUT2D eigenvalue weighted by Gasteiger charge is 2.22. The van der Waals surface area contributed by atoms with Gasteiger partial charge in [0.15, 0.2) is 11.0 Å². The third-order valence-corrected chi connectivity index (χ3v) is 2.49. The fraction of sp³-hybridized carbons (Fsp3) is 0.500. The van der Waals surface area contributed by atoms with Crippen LogP contribution in [-0.2, 0) is 0 Å². The topological polar surface area (TPSA) is 41.1 Å². The first-order valence-corrected chi connectivity index (χ1v) is 4.58. The van der Waals surface area contributed by atoms with Gasteiger partial charge in [0.05, 0.1) is 6.04 Å². The molecule has 0 aromatic carbocycles. The van der Waals surface area contributed by atoms with Crippen molar-refractivity contribution in [3.63, 3.8) is 0 Å². The number of anilines is 1. The smallest absolute Gasteiger partial charge is 0.151 e. The first-order chi connectivity index (χ1) is 6.27. The fourth-order valence-electron chi connectivity index (χ4n) is 1.23. The Morgan fingerprint density at radius 1 is 1.46 bits per heavy atom. The maximum atomic E-state index is 5.64. The monoisotopic (exact) mass is 198 g/mol. The third kappa shape index (κ3) is 1.73. The molecule has 0 bridgehead atoms. The molecule has 1 aliphatic rings. The van der Waals surface area contributed by atoms with Gasteiger partial charge in [-0.1, -0.05) is 11.6 Å². The SMILES string of the molecule is CN(c1ccc(Cl)nn1)C1CNC1. The molecule has 2 rings (SSSR count). The van der Waals surface area contributed by atoms with E-state index in [4.69, 9.17) is 11.6 Å². The van der Waals surface area contributed by atoms with E-state index in [-0.39, 0.29) is 0 Å². The lowest BCUT2D eigenvalue weighted by molar-refractivity contribution is 0.426. The van der Waals surface area contributed by atoms with Crippen LogP contribution in [0.1, 0.15) is 0 Å². The van der Waals surface area contributed by atoms with Gasteiger partial charge in [-0.2, -0.15) is 0 Å². The minimum atomic E-state index is 0.434. The summed E-state index contributed by atoms with van der Waals surface area (Å²) in [6.45, 7) is 2.03. The van der Waals surface area contributed by atoms with Crippen molar-refractivity contribution < 1.29 is 0 Å². The second-order valence-electron chi connectivity index (χ2n) is 3.14. The lowest BCUT2D eigenvalue weighted by atomic mass is 10.1. The zero-order chi connectivity index (χ0) is 9.26. The van der Waals surface area contributed by atoms with Crippen molar-refractivity contribution in [2.75, 3.05) is 25.0 Å². The fourth-order valence-corrected chi connectivity index (χ4v) is 1.33. The Balaban J connectivity index is 2.10. The lowest BCUT2D eigenvalue weighted by Crippen LogP contribution is -2.56. The molecule has 13 heavy (non-hydrogen) atoms. The van der Waals surface area contributed by atoms with Crippen molar-refractivity contribution in [2.45, 2.75) is 6.04 Å². The zero-order valence-electron chi connectivity index (χ0n) is 7.37. The van der Waals surface area contributed by atoms with Crippen molar-refractivity contribution in [3.05, 3.63) is 17.3 Å². The Labute approximate surface area is 81.9 Å². The highest BCUT2D eigenvalue weighted by molar-refractivity contribution is 6.29. The molecule has 0 amide bonds. The van der Waals surface area contributed by atoms with Crippen LogP contribution in [0.25, 0.3) is 0 Å². The van der Waals surface area contributed by atoms with Gasteiger partial charge in [0.25, 0.3) is 0 Å². The standard InChI is InChI=1S/C8H11ClN4/c1-13(6-4-10-5-6)8-3-2-7(9)11-12-8/h2-3,6,10H,4-5H2,1H3. The van der Waals surface area contributed by atoms with Crippen LogP contribution in [0.5, 0.6) is 0 Å². The lowest BCUT2D eigenvalue weighted by Gasteiger charge is -2.35. The molecule has 0 saturated carbocycles. The summed E-state index contributed by atoms with van der Waals surface area (Å²) >= 11 is 5.64. The van der Waals surface area contributed by atoms with Crippen LogP contribution in [0.2, 0.25) is 5.15 Å². The van der Waals surface area contributed by atoms with Gasteiger partial charge in [-0.05, 0) is 12.1 Å². The summed E-state index contributed by atoms with van der Waals surface area (Å²) in [4.78, 5) is 2.11. The molecule has 0 aliphatic carbocycles. The number of aromatic nitrogens is 2. The van der Waals surface area contributed by atoms with Crippen LogP contribution in [0.3, 0.4) is 0 Å². The number of rotatable bonds is 2. The highest BCUT2D eigenvalue weighted by Crippen LogP contribution is 2.14. The van der Waals surface area contributed by atoms with Crippen molar-refractivity contribution >= 4 is 17.4 Å². The van der Waals surface area contributed by atoms with Crippen LogP contribution in [0.4, 0.5) is 5.82 Å². The van der Waals surface area contributed by atoms with Crippen molar-refractivity contribution in [3.8, 4) is 0 Å². The Morgan fingerprint density at radius 3 is 2.69 bits per heavy atom. The average Bonchev–Trinajstić information content (AvgIpc) is 2.02. The largest absolute Gasteiger partial charge is 0.353 e. The predicted octanol–water partition coefficient (Wildman–Crippen LogP) is 0.538. The van der Waals surface area contributed by atoms with Gasteiger partial charge in [0.2, 0.25) is 0 Å². The summed E-state index contributed by atoms with van der Waals surface area (Å²) < 4.78 is 0. The van der Waals surface area contributed by atoms with Crippen LogP contribution < -0.4 is 10.2 Å². The first kappa shape index (κ1) is 8.72. The number of hydrogen-bond acceptors (Lipinski definition) is 4. The summed E-state index contributed by atoms with van der Waals surface area (Å²) in [5.74, 6) is 0.871. The molecule has 1 aliphatic heterocycles. The van der Waals surface area contributed by atoms with E-state index in [9.17, 15) is 0 Å². The Kier molecular flexibility index (Phi) is 2.33. The molecular weight excluding hydrogens is 188 g/mol. The van der Waals surface area contributed by atoms with Gasteiger partial charge in [-0.25, -0.2) is 0 Å². The number of hydrogen-bond donors (Lipinski definition) is 1. The van der Waals surface area contributed by atoms with Gasteiger partial charge in [0.1, 0.15) is 0 Å². The number of likely N-dealkylation sites (N-methyl/N-ethyl adjacent to an activating group) is 1. The van der Waals surface area contributed by atoms with Gasteiger partial charge in [-0.3, -0.25) is 0 Å². The molecule has 1 saturated heterocycles. The van der Waals surface area contributed by atoms with Crippen LogP contribution in [0, 0.1) is 0 Å². The molecular formula is C8H11ClN4. The molecule has 1 N–H and O–H groups in total. The van der Waals surface area contributed by atoms with E-state index < -0.39 is 0 Å². The summed E-state index contributed by atoms with van der Waals surface area (Å²) in [5, 5.41) is 11.4. The van der Waals surface area contributed by atoms with E-state index in [1.54, 1.807) is 6.07 Å². The van der Waals surface area contributed by atoms with Crippen molar-refractivity contribution in [2.24, 2.45) is 0 Å². The Morgan fingerprint density at radius 2 is 2.23 bits per heavy atom. The normalized spacial score (nSPS) is 16.8. The molecule has 0 unspecified atom stereocenters. The highest BCUT2D eigenvalue weighted by atomic mass is 35.5. The van der Waals surface area contributed by atoms with E-state index in [1.165, 1.54) is 0 Å². The van der Waals surface area contributed by atoms with E-state index in [1.807, 2.05) is 13.1 Å². The van der Waals surface area contributed by atoms with Gasteiger partial charge < -0.3 is 10.2 Å². The molecule has 5 heteroatoms. The first-order valence-electron chi connectivity index (χ1n) is 4.20. The zero-order valence-corrected chi connectivity index (χ0v) is 8.12. The summed E-state index contributed by atoms with van der Waals surface area (Å²) in [6, 6.07) is 4.18. The quantitative estimate of drug-likeness (QED) is 0.753. The number of halogens is 1. The van der Waals surface area contributed by atoms with E-state index in [2.05, 4.69) is 20.4 Å². The van der Waals surface area contributed by atoms with E-state index in [0.717, 1.165) is 18.9 Å². The van der Waals surface area contributed by atoms with E-state index in [0.29, 0.717) is 11.2 Å². The van der Waals surface area contributed by atoms with Crippen LogP contribution >= 0.6 is 11.6 Å². The van der Waals surface area contributed by atoms with Gasteiger partial charge in [-0.15, -0.1) is 10.2 Å². The molecule has 1 aromatic heterocycles. The maximum Gasteiger partial charge on any atom is 0.151 e. The number of nitrogens with zero attached hydrogens (tertiary/aromatic N) is 3. The molecule has 1 aromatic rings. The molecule has 2 heterocycles. The molecule has 1 fully saturated rings. The average molecular weight is 199 g/mol. The molecule has 70 valence electrons. The van der Waals surface area contributed by atoms with E-state index >= 15 is 0 Å². The Hall–Kier alpha value is -0.870. The minimum Gasteiger partial charge on any atom is -0.353 e. The van der Waals surface area contributed by atoms with Gasteiger partial charge in [0, 0.05) is 20.1 Å². The molecule has 0 radical (unpaired) electrons. The van der Waals surface area contributed by atoms with Crippen LogP contribution in [-0.4, -0.2) is 36.4 Å². The summed E-state index contributed by atoms with van der Waals surface area (Å²) in [6.07, 6.45) is 0. The molecule has 4 nitrogen and oxygen atoms in total. The molecule has 0 spiro atoms. The number of nitrogens with one attached hydrogen (secondary N) is 1. The predicted molar refractivity (Wildman–Crippen MR) is 52.1 cm³/mol. The second kappa shape index (κ2) is 3.47. The third-order valence-electron chi connectivity index (χ3n) is 2.29. The minimum absolute atomic E-state index is 0.434.